The number of para-hydroxylation sites is 1. The molecule has 1 unspecified atom stereocenters. The summed E-state index contributed by atoms with van der Waals surface area (Å²) in [7, 11) is -4.04. The van der Waals surface area contributed by atoms with E-state index in [-0.39, 0.29) is 22.5 Å². The first-order chi connectivity index (χ1) is 12.8. The number of hydrogen-bond donors (Lipinski definition) is 2. The van der Waals surface area contributed by atoms with Crippen LogP contribution in [0, 0.1) is 12.7 Å². The Morgan fingerprint density at radius 2 is 2.00 bits per heavy atom. The average molecular weight is 391 g/mol. The highest BCUT2D eigenvalue weighted by Gasteiger charge is 2.25. The van der Waals surface area contributed by atoms with Crippen molar-refractivity contribution in [2.45, 2.75) is 30.7 Å². The molecular weight excluding hydrogens is 369 g/mol. The number of aryl methyl sites for hydroxylation is 1. The highest BCUT2D eigenvalue weighted by Crippen LogP contribution is 2.23. The van der Waals surface area contributed by atoms with E-state index in [0.29, 0.717) is 24.2 Å². The number of sulfonamides is 1. The largest absolute Gasteiger partial charge is 0.337 e. The molecule has 1 fully saturated rings. The van der Waals surface area contributed by atoms with Gasteiger partial charge in [-0.15, -0.1) is 0 Å². The van der Waals surface area contributed by atoms with Gasteiger partial charge in [0, 0.05) is 24.7 Å². The van der Waals surface area contributed by atoms with Crippen molar-refractivity contribution in [2.75, 3.05) is 17.8 Å². The van der Waals surface area contributed by atoms with Crippen LogP contribution in [-0.2, 0) is 10.0 Å². The predicted molar refractivity (Wildman–Crippen MR) is 102 cm³/mol. The summed E-state index contributed by atoms with van der Waals surface area (Å²) in [6, 6.07) is 9.75. The standard InChI is InChI=1S/C19H22FN3O3S/c1-13-8-9-15(27(25,26)22-18-7-3-2-6-17(18)20)11-16(13)19(24)23-10-4-5-14(21)12-23/h2-3,6-9,11,14,22H,4-5,10,12,21H2,1H3. The third-order valence-corrected chi connectivity index (χ3v) is 5.98. The van der Waals surface area contributed by atoms with Crippen molar-refractivity contribution in [2.24, 2.45) is 5.73 Å². The molecule has 1 saturated heterocycles. The fourth-order valence-electron chi connectivity index (χ4n) is 3.11. The number of carbonyl (C=O) groups excluding carboxylic acids is 1. The van der Waals surface area contributed by atoms with E-state index in [9.17, 15) is 17.6 Å². The minimum Gasteiger partial charge on any atom is -0.337 e. The summed E-state index contributed by atoms with van der Waals surface area (Å²) >= 11 is 0. The van der Waals surface area contributed by atoms with Crippen molar-refractivity contribution < 1.29 is 17.6 Å². The third kappa shape index (κ3) is 4.28. The quantitative estimate of drug-likeness (QED) is 0.838. The molecule has 0 spiro atoms. The van der Waals surface area contributed by atoms with Gasteiger partial charge < -0.3 is 10.6 Å². The summed E-state index contributed by atoms with van der Waals surface area (Å²) in [5, 5.41) is 0. The fraction of sp³-hybridized carbons (Fsp3) is 0.316. The van der Waals surface area contributed by atoms with Gasteiger partial charge in [-0.3, -0.25) is 9.52 Å². The number of piperidine rings is 1. The minimum absolute atomic E-state index is 0.0716. The second-order valence-electron chi connectivity index (χ2n) is 6.72. The Morgan fingerprint density at radius 3 is 2.70 bits per heavy atom. The number of amides is 1. The van der Waals surface area contributed by atoms with Crippen LogP contribution >= 0.6 is 0 Å². The van der Waals surface area contributed by atoms with Gasteiger partial charge in [-0.1, -0.05) is 18.2 Å². The molecular formula is C19H22FN3O3S. The third-order valence-electron chi connectivity index (χ3n) is 4.61. The monoisotopic (exact) mass is 391 g/mol. The van der Waals surface area contributed by atoms with Crippen LogP contribution in [-0.4, -0.2) is 38.4 Å². The first-order valence-electron chi connectivity index (χ1n) is 8.71. The lowest BCUT2D eigenvalue weighted by atomic mass is 10.0. The van der Waals surface area contributed by atoms with E-state index in [1.807, 2.05) is 0 Å². The summed E-state index contributed by atoms with van der Waals surface area (Å²) in [6.45, 7) is 2.79. The second-order valence-corrected chi connectivity index (χ2v) is 8.40. The van der Waals surface area contributed by atoms with E-state index >= 15 is 0 Å². The van der Waals surface area contributed by atoms with Gasteiger partial charge in [0.1, 0.15) is 5.82 Å². The van der Waals surface area contributed by atoms with Gasteiger partial charge in [0.2, 0.25) is 0 Å². The molecule has 2 aromatic rings. The van der Waals surface area contributed by atoms with Crippen molar-refractivity contribution in [3.05, 3.63) is 59.4 Å². The normalized spacial score (nSPS) is 17.6. The van der Waals surface area contributed by atoms with E-state index in [0.717, 1.165) is 12.8 Å². The number of nitrogens with one attached hydrogen (secondary N) is 1. The van der Waals surface area contributed by atoms with Crippen LogP contribution < -0.4 is 10.5 Å². The maximum Gasteiger partial charge on any atom is 0.262 e. The zero-order chi connectivity index (χ0) is 19.6. The Bertz CT molecular complexity index is 962. The summed E-state index contributed by atoms with van der Waals surface area (Å²) in [4.78, 5) is 14.4. The number of carbonyl (C=O) groups is 1. The maximum atomic E-state index is 13.8. The highest BCUT2D eigenvalue weighted by molar-refractivity contribution is 7.92. The molecule has 1 amide bonds. The van der Waals surface area contributed by atoms with Crippen molar-refractivity contribution in [1.82, 2.24) is 4.90 Å². The van der Waals surface area contributed by atoms with Gasteiger partial charge in [-0.05, 0) is 49.6 Å². The molecule has 6 nitrogen and oxygen atoms in total. The molecule has 1 aliphatic rings. The molecule has 1 aliphatic heterocycles. The summed E-state index contributed by atoms with van der Waals surface area (Å²) in [5.74, 6) is -0.919. The summed E-state index contributed by atoms with van der Waals surface area (Å²) in [6.07, 6.45) is 1.68. The molecule has 3 rings (SSSR count). The Labute approximate surface area is 158 Å². The van der Waals surface area contributed by atoms with Crippen LogP contribution in [0.1, 0.15) is 28.8 Å². The summed E-state index contributed by atoms with van der Waals surface area (Å²) in [5.41, 5.74) is 6.77. The Kier molecular flexibility index (Phi) is 5.48. The van der Waals surface area contributed by atoms with Gasteiger partial charge in [0.25, 0.3) is 15.9 Å². The zero-order valence-corrected chi connectivity index (χ0v) is 15.8. The van der Waals surface area contributed by atoms with Gasteiger partial charge >= 0.3 is 0 Å². The molecule has 1 heterocycles. The van der Waals surface area contributed by atoms with E-state index < -0.39 is 15.8 Å². The fourth-order valence-corrected chi connectivity index (χ4v) is 4.20. The summed E-state index contributed by atoms with van der Waals surface area (Å²) < 4.78 is 41.3. The first kappa shape index (κ1) is 19.3. The number of hydrogen-bond acceptors (Lipinski definition) is 4. The van der Waals surface area contributed by atoms with Crippen LogP contribution in [0.15, 0.2) is 47.4 Å². The van der Waals surface area contributed by atoms with E-state index in [1.54, 1.807) is 17.9 Å². The predicted octanol–water partition coefficient (Wildman–Crippen LogP) is 2.50. The van der Waals surface area contributed by atoms with Crippen molar-refractivity contribution in [1.29, 1.82) is 0 Å². The van der Waals surface area contributed by atoms with E-state index in [2.05, 4.69) is 4.72 Å². The van der Waals surface area contributed by atoms with Crippen molar-refractivity contribution >= 4 is 21.6 Å². The average Bonchev–Trinajstić information content (AvgIpc) is 2.63. The first-order valence-corrected chi connectivity index (χ1v) is 10.2. The smallest absolute Gasteiger partial charge is 0.262 e. The number of benzene rings is 2. The lowest BCUT2D eigenvalue weighted by Gasteiger charge is -2.31. The second kappa shape index (κ2) is 7.66. The molecule has 0 aliphatic carbocycles. The number of anilines is 1. The molecule has 0 radical (unpaired) electrons. The molecule has 2 aromatic carbocycles. The molecule has 0 bridgehead atoms. The number of likely N-dealkylation sites (tertiary alicyclic amines) is 1. The number of nitrogens with two attached hydrogens (primary N) is 1. The maximum absolute atomic E-state index is 13.8. The Balaban J connectivity index is 1.90. The van der Waals surface area contributed by atoms with E-state index in [1.165, 1.54) is 36.4 Å². The van der Waals surface area contributed by atoms with Crippen LogP contribution in [0.3, 0.4) is 0 Å². The Morgan fingerprint density at radius 1 is 1.26 bits per heavy atom. The molecule has 8 heteroatoms. The lowest BCUT2D eigenvalue weighted by Crippen LogP contribution is -2.45. The van der Waals surface area contributed by atoms with Gasteiger partial charge in [-0.25, -0.2) is 12.8 Å². The molecule has 3 N–H and O–H groups in total. The number of rotatable bonds is 4. The zero-order valence-electron chi connectivity index (χ0n) is 15.0. The minimum atomic E-state index is -4.04. The Hall–Kier alpha value is -2.45. The van der Waals surface area contributed by atoms with Crippen LogP contribution in [0.4, 0.5) is 10.1 Å². The van der Waals surface area contributed by atoms with E-state index in [4.69, 9.17) is 5.73 Å². The number of nitrogens with zero attached hydrogens (tertiary/aromatic N) is 1. The molecule has 144 valence electrons. The van der Waals surface area contributed by atoms with Crippen molar-refractivity contribution in [3.63, 3.8) is 0 Å². The lowest BCUT2D eigenvalue weighted by molar-refractivity contribution is 0.0708. The van der Waals surface area contributed by atoms with Gasteiger partial charge in [-0.2, -0.15) is 0 Å². The molecule has 0 saturated carbocycles. The molecule has 1 atom stereocenters. The van der Waals surface area contributed by atoms with Crippen LogP contribution in [0.2, 0.25) is 0 Å². The van der Waals surface area contributed by atoms with Gasteiger partial charge in [0.05, 0.1) is 10.6 Å². The molecule has 27 heavy (non-hydrogen) atoms. The number of halogens is 1. The molecule has 0 aromatic heterocycles. The van der Waals surface area contributed by atoms with Crippen LogP contribution in [0.5, 0.6) is 0 Å². The van der Waals surface area contributed by atoms with Gasteiger partial charge in [0.15, 0.2) is 0 Å². The van der Waals surface area contributed by atoms with Crippen molar-refractivity contribution in [3.8, 4) is 0 Å². The highest BCUT2D eigenvalue weighted by atomic mass is 32.2. The topological polar surface area (TPSA) is 92.5 Å². The SMILES string of the molecule is Cc1ccc(S(=O)(=O)Nc2ccccc2F)cc1C(=O)N1CCCC(N)C1. The van der Waals surface area contributed by atoms with Crippen LogP contribution in [0.25, 0.3) is 0 Å².